The predicted octanol–water partition coefficient (Wildman–Crippen LogP) is 4.77. The van der Waals surface area contributed by atoms with Gasteiger partial charge in [0.25, 0.3) is 0 Å². The molecular formula is C25H35BrN4O3. The molecule has 2 aliphatic heterocycles. The lowest BCUT2D eigenvalue weighted by atomic mass is 9.98. The highest BCUT2D eigenvalue weighted by atomic mass is 79.9. The third kappa shape index (κ3) is 5.60. The number of carbonyl (C=O) groups is 2. The molecule has 8 heteroatoms. The Bertz CT molecular complexity index is 944. The van der Waals surface area contributed by atoms with Crippen LogP contribution in [0.4, 0.5) is 10.6 Å². The summed E-state index contributed by atoms with van der Waals surface area (Å²) in [5.74, 6) is 0.347. The van der Waals surface area contributed by atoms with Crippen molar-refractivity contribution in [3.63, 3.8) is 0 Å². The lowest BCUT2D eigenvalue weighted by molar-refractivity contribution is -0.121. The third-order valence-electron chi connectivity index (χ3n) is 6.76. The molecule has 2 bridgehead atoms. The van der Waals surface area contributed by atoms with Crippen molar-refractivity contribution < 1.29 is 14.3 Å². The van der Waals surface area contributed by atoms with Gasteiger partial charge in [0.15, 0.2) is 0 Å². The molecule has 1 N–H and O–H groups in total. The van der Waals surface area contributed by atoms with Crippen molar-refractivity contribution >= 4 is 33.7 Å². The molecule has 3 aliphatic rings. The van der Waals surface area contributed by atoms with Gasteiger partial charge in [-0.25, -0.2) is 9.78 Å². The van der Waals surface area contributed by atoms with Crippen molar-refractivity contribution in [1.29, 1.82) is 0 Å². The molecule has 1 aromatic heterocycles. The average Bonchev–Trinajstić information content (AvgIpc) is 3.29. The Hall–Kier alpha value is -1.93. The molecule has 33 heavy (non-hydrogen) atoms. The lowest BCUT2D eigenvalue weighted by Gasteiger charge is -2.30. The van der Waals surface area contributed by atoms with Gasteiger partial charge in [-0.15, -0.1) is 0 Å². The average molecular weight is 519 g/mol. The maximum absolute atomic E-state index is 13.5. The number of nitrogens with zero attached hydrogens (tertiary/aromatic N) is 3. The number of piperidine rings is 1. The first-order valence-electron chi connectivity index (χ1n) is 11.9. The molecular weight excluding hydrogens is 484 g/mol. The number of pyridine rings is 1. The van der Waals surface area contributed by atoms with E-state index < -0.39 is 17.7 Å². The van der Waals surface area contributed by atoms with Crippen LogP contribution in [0, 0.1) is 5.41 Å². The molecule has 1 aromatic rings. The first kappa shape index (κ1) is 24.2. The van der Waals surface area contributed by atoms with E-state index in [1.54, 1.807) is 4.90 Å². The van der Waals surface area contributed by atoms with E-state index >= 15 is 0 Å². The Labute approximate surface area is 205 Å². The zero-order valence-corrected chi connectivity index (χ0v) is 21.7. The molecule has 2 amide bonds. The summed E-state index contributed by atoms with van der Waals surface area (Å²) >= 11 is 3.42. The smallest absolute Gasteiger partial charge is 0.411 e. The van der Waals surface area contributed by atoms with E-state index in [9.17, 15) is 9.59 Å². The van der Waals surface area contributed by atoms with E-state index in [2.05, 4.69) is 50.3 Å². The van der Waals surface area contributed by atoms with Crippen molar-refractivity contribution in [1.82, 2.24) is 14.8 Å². The fourth-order valence-corrected chi connectivity index (χ4v) is 5.50. The van der Waals surface area contributed by atoms with E-state index in [1.807, 2.05) is 32.9 Å². The normalized spacial score (nSPS) is 28.6. The number of allylic oxidation sites excluding steroid dienone is 2. The van der Waals surface area contributed by atoms with Gasteiger partial charge in [0.05, 0.1) is 0 Å². The second-order valence-corrected chi connectivity index (χ2v) is 11.5. The predicted molar refractivity (Wildman–Crippen MR) is 132 cm³/mol. The Kier molecular flexibility index (Phi) is 6.87. The van der Waals surface area contributed by atoms with Gasteiger partial charge in [-0.2, -0.15) is 0 Å². The van der Waals surface area contributed by atoms with Crippen molar-refractivity contribution in [2.45, 2.75) is 77.0 Å². The molecule has 1 saturated carbocycles. The van der Waals surface area contributed by atoms with Crippen LogP contribution >= 0.6 is 15.9 Å². The summed E-state index contributed by atoms with van der Waals surface area (Å²) in [5.41, 5.74) is 0.296. The van der Waals surface area contributed by atoms with Gasteiger partial charge in [0, 0.05) is 18.0 Å². The minimum absolute atomic E-state index is 0.0397. The molecule has 7 nitrogen and oxygen atoms in total. The van der Waals surface area contributed by atoms with Gasteiger partial charge in [0.1, 0.15) is 22.1 Å². The summed E-state index contributed by atoms with van der Waals surface area (Å²) in [4.78, 5) is 35.3. The van der Waals surface area contributed by atoms with Crippen LogP contribution in [-0.2, 0) is 16.0 Å². The van der Waals surface area contributed by atoms with Gasteiger partial charge in [0.2, 0.25) is 5.91 Å². The van der Waals surface area contributed by atoms with Gasteiger partial charge in [-0.3, -0.25) is 9.69 Å². The standard InChI is InChI=1S/C25H35BrN4O3/c1-24(2,3)33-23(32)30-18-14-25(15-19(25)30)16-29(4)13-9-7-5-6-8-10-17-11-12-20(26)27-21(17)28-22(18)31/h6,8,11-12,18-19H,5,7,9-10,13-16H2,1-4H3,(H,27,28,31)/t18-,19+,25-/m0/s1. The minimum atomic E-state index is -0.615. The van der Waals surface area contributed by atoms with Crippen LogP contribution < -0.4 is 5.32 Å². The van der Waals surface area contributed by atoms with E-state index in [4.69, 9.17) is 4.74 Å². The largest absolute Gasteiger partial charge is 0.444 e. The third-order valence-corrected chi connectivity index (χ3v) is 7.20. The zero-order valence-electron chi connectivity index (χ0n) is 20.1. The van der Waals surface area contributed by atoms with Crippen molar-refractivity contribution in [2.75, 3.05) is 25.5 Å². The molecule has 1 spiro atoms. The second kappa shape index (κ2) is 9.37. The first-order valence-corrected chi connectivity index (χ1v) is 12.7. The number of halogens is 1. The van der Waals surface area contributed by atoms with Crippen LogP contribution in [0.3, 0.4) is 0 Å². The number of likely N-dealkylation sites (tertiary alicyclic amines) is 1. The molecule has 0 aromatic carbocycles. The summed E-state index contributed by atoms with van der Waals surface area (Å²) in [6, 6.07) is 3.34. The maximum Gasteiger partial charge on any atom is 0.411 e. The molecule has 2 fully saturated rings. The Morgan fingerprint density at radius 3 is 2.79 bits per heavy atom. The van der Waals surface area contributed by atoms with E-state index in [1.165, 1.54) is 0 Å². The fraction of sp³-hybridized carbons (Fsp3) is 0.640. The van der Waals surface area contributed by atoms with E-state index in [0.29, 0.717) is 23.3 Å². The van der Waals surface area contributed by atoms with Gasteiger partial charge in [-0.1, -0.05) is 18.2 Å². The SMILES string of the molecule is CN1CCCCC=CCc2ccc(Br)nc2NC(=O)[C@@H]2C[C@]3(C[C@H]3N2C(=O)OC(C)(C)C)C1. The minimum Gasteiger partial charge on any atom is -0.444 e. The fourth-order valence-electron chi connectivity index (χ4n) is 5.19. The topological polar surface area (TPSA) is 74.8 Å². The molecule has 1 aliphatic carbocycles. The monoisotopic (exact) mass is 518 g/mol. The number of hydrogen-bond donors (Lipinski definition) is 1. The number of amides is 2. The quantitative estimate of drug-likeness (QED) is 0.395. The number of ether oxygens (including phenoxy) is 1. The lowest BCUT2D eigenvalue weighted by Crippen LogP contribution is -2.47. The zero-order chi connectivity index (χ0) is 23.8. The number of rotatable bonds is 0. The summed E-state index contributed by atoms with van der Waals surface area (Å²) in [6.45, 7) is 7.48. The van der Waals surface area contributed by atoms with Crippen molar-refractivity contribution in [3.8, 4) is 0 Å². The number of nitrogens with one attached hydrogen (secondary N) is 1. The maximum atomic E-state index is 13.5. The molecule has 1 saturated heterocycles. The van der Waals surface area contributed by atoms with Crippen molar-refractivity contribution in [3.05, 3.63) is 34.5 Å². The Morgan fingerprint density at radius 1 is 1.24 bits per heavy atom. The molecule has 3 heterocycles. The van der Waals surface area contributed by atoms with Crippen LogP contribution in [0.25, 0.3) is 0 Å². The molecule has 3 atom stereocenters. The first-order chi connectivity index (χ1) is 15.6. The molecule has 180 valence electrons. The van der Waals surface area contributed by atoms with Crippen LogP contribution in [0.15, 0.2) is 28.9 Å². The highest BCUT2D eigenvalue weighted by Gasteiger charge is 2.68. The molecule has 0 radical (unpaired) electrons. The Balaban J connectivity index is 1.64. The summed E-state index contributed by atoms with van der Waals surface area (Å²) in [7, 11) is 2.14. The van der Waals surface area contributed by atoms with E-state index in [0.717, 1.165) is 44.3 Å². The number of aromatic nitrogens is 1. The van der Waals surface area contributed by atoms with Gasteiger partial charge >= 0.3 is 6.09 Å². The highest BCUT2D eigenvalue weighted by Crippen LogP contribution is 2.60. The van der Waals surface area contributed by atoms with Crippen LogP contribution in [0.5, 0.6) is 0 Å². The number of carbonyl (C=O) groups excluding carboxylic acids is 2. The van der Waals surface area contributed by atoms with Crippen LogP contribution in [0.2, 0.25) is 0 Å². The summed E-state index contributed by atoms with van der Waals surface area (Å²) in [5, 5.41) is 3.03. The number of hydrogen-bond acceptors (Lipinski definition) is 5. The number of fused-ring (bicyclic) bond motifs is 2. The molecule has 0 unspecified atom stereocenters. The Morgan fingerprint density at radius 2 is 2.03 bits per heavy atom. The summed E-state index contributed by atoms with van der Waals surface area (Å²) in [6.07, 6.45) is 9.53. The van der Waals surface area contributed by atoms with Gasteiger partial charge < -0.3 is 15.0 Å². The van der Waals surface area contributed by atoms with E-state index in [-0.39, 0.29) is 17.4 Å². The highest BCUT2D eigenvalue weighted by molar-refractivity contribution is 9.10. The van der Waals surface area contributed by atoms with Crippen LogP contribution in [0.1, 0.15) is 58.4 Å². The van der Waals surface area contributed by atoms with Crippen LogP contribution in [-0.4, -0.2) is 64.6 Å². The summed E-state index contributed by atoms with van der Waals surface area (Å²) < 4.78 is 6.38. The molecule has 4 rings (SSSR count). The number of anilines is 1. The second-order valence-electron chi connectivity index (χ2n) is 10.7. The van der Waals surface area contributed by atoms with Gasteiger partial charge in [-0.05, 0) is 100 Å². The van der Waals surface area contributed by atoms with Crippen molar-refractivity contribution in [2.24, 2.45) is 5.41 Å².